The number of nitrogens with one attached hydrogen (secondary N) is 2. The van der Waals surface area contributed by atoms with Crippen molar-refractivity contribution >= 4 is 50.1 Å². The molecule has 15 nitrogen and oxygen atoms in total. The number of benzene rings is 2. The van der Waals surface area contributed by atoms with Gasteiger partial charge in [0, 0.05) is 72.4 Å². The number of anilines is 1. The van der Waals surface area contributed by atoms with Gasteiger partial charge in [0.2, 0.25) is 0 Å². The molecule has 1 spiro atoms. The van der Waals surface area contributed by atoms with Crippen molar-refractivity contribution in [1.82, 2.24) is 19.6 Å². The van der Waals surface area contributed by atoms with E-state index in [1.54, 1.807) is 30.5 Å². The fourth-order valence-corrected chi connectivity index (χ4v) is 12.1. The Hall–Kier alpha value is -4.42. The van der Waals surface area contributed by atoms with Crippen molar-refractivity contribution in [3.05, 3.63) is 70.5 Å². The minimum atomic E-state index is -4.63. The summed E-state index contributed by atoms with van der Waals surface area (Å²) in [4.78, 5) is 37.8. The number of H-pyrrole nitrogens is 1. The minimum absolute atomic E-state index is 0.0324. The maximum absolute atomic E-state index is 14.0. The third kappa shape index (κ3) is 8.11. The Morgan fingerprint density at radius 1 is 1.08 bits per heavy atom. The second-order valence-electron chi connectivity index (χ2n) is 17.3. The summed E-state index contributed by atoms with van der Waals surface area (Å²) in [6.07, 6.45) is 10.5. The second kappa shape index (κ2) is 15.6. The maximum atomic E-state index is 14.0. The van der Waals surface area contributed by atoms with E-state index in [9.17, 15) is 28.4 Å². The quantitative estimate of drug-likeness (QED) is 0.120. The molecule has 5 aliphatic rings. The number of piperidine rings is 1. The predicted molar refractivity (Wildman–Crippen MR) is 222 cm³/mol. The van der Waals surface area contributed by atoms with Gasteiger partial charge in [-0.05, 0) is 101 Å². The molecule has 2 aliphatic carbocycles. The van der Waals surface area contributed by atoms with Crippen LogP contribution in [0, 0.1) is 21.4 Å². The lowest BCUT2D eigenvalue weighted by molar-refractivity contribution is -0.388. The van der Waals surface area contributed by atoms with Gasteiger partial charge in [-0.15, -0.1) is 11.8 Å². The van der Waals surface area contributed by atoms with Crippen molar-refractivity contribution in [1.29, 1.82) is 0 Å². The third-order valence-corrected chi connectivity index (χ3v) is 16.1. The van der Waals surface area contributed by atoms with Gasteiger partial charge < -0.3 is 29.2 Å². The largest absolute Gasteiger partial charge is 0.491 e. The van der Waals surface area contributed by atoms with Gasteiger partial charge in [-0.2, -0.15) is 0 Å². The lowest BCUT2D eigenvalue weighted by Crippen LogP contribution is -2.59. The highest BCUT2D eigenvalue weighted by atomic mass is 32.2. The van der Waals surface area contributed by atoms with Gasteiger partial charge in [-0.3, -0.25) is 19.8 Å². The highest BCUT2D eigenvalue weighted by Crippen LogP contribution is 2.52. The summed E-state index contributed by atoms with van der Waals surface area (Å²) in [5.74, 6) is -0.192. The maximum Gasteiger partial charge on any atom is 0.288 e. The van der Waals surface area contributed by atoms with Crippen molar-refractivity contribution in [2.24, 2.45) is 11.3 Å². The first kappa shape index (κ1) is 40.0. The number of aromatic amines is 1. The lowest BCUT2D eigenvalue weighted by atomic mass is 9.59. The molecule has 2 saturated carbocycles. The number of ether oxygens (including phenoxy) is 3. The van der Waals surface area contributed by atoms with Gasteiger partial charge in [-0.1, -0.05) is 0 Å². The van der Waals surface area contributed by atoms with Crippen molar-refractivity contribution in [2.75, 3.05) is 44.4 Å². The van der Waals surface area contributed by atoms with Gasteiger partial charge >= 0.3 is 0 Å². The van der Waals surface area contributed by atoms with E-state index >= 15 is 0 Å². The summed E-state index contributed by atoms with van der Waals surface area (Å²) in [7, 11) is -4.63. The molecule has 314 valence electrons. The first-order valence-electron chi connectivity index (χ1n) is 20.5. The third-order valence-electron chi connectivity index (χ3n) is 13.3. The van der Waals surface area contributed by atoms with Crippen LogP contribution in [0.4, 0.5) is 11.4 Å². The van der Waals surface area contributed by atoms with Crippen molar-refractivity contribution < 1.29 is 37.5 Å². The summed E-state index contributed by atoms with van der Waals surface area (Å²) < 4.78 is 47.9. The van der Waals surface area contributed by atoms with Crippen molar-refractivity contribution in [3.8, 4) is 17.2 Å². The Kier molecular flexibility index (Phi) is 10.5. The molecular formula is C42H50N6O9S2. The van der Waals surface area contributed by atoms with Crippen LogP contribution in [0.2, 0.25) is 0 Å². The molecule has 2 saturated heterocycles. The van der Waals surface area contributed by atoms with E-state index in [4.69, 9.17) is 14.2 Å². The molecule has 1 amide bonds. The number of morpholine rings is 1. The molecule has 2 aromatic carbocycles. The van der Waals surface area contributed by atoms with Crippen LogP contribution in [0.5, 0.6) is 17.2 Å². The molecule has 4 aromatic rings. The van der Waals surface area contributed by atoms with Crippen LogP contribution >= 0.6 is 11.8 Å². The standard InChI is InChI=1S/C42H50N6O9S2/c1-26-24-55-16-15-47(26)30-21-42(22-30)10-13-46(14-11-42)29-3-4-33(35(18-29)57-31-17-28-7-12-43-39(28)44-23-31)40(49)45-59(53,54)32-19-34(48(51)52)38-36(20-32)56-25-37(58-38)27-5-8-41(2,50)9-6-27/h3-4,7,12,17-20,23,26-27,30,37,50H,5-6,8-11,13-16,21-22,24-25H2,1-2H3,(H,43,44)(H,45,49)/t26-,27?,37+,41?/m0/s1. The lowest BCUT2D eigenvalue weighted by Gasteiger charge is -2.57. The molecule has 0 bridgehead atoms. The molecule has 5 heterocycles. The van der Waals surface area contributed by atoms with E-state index in [-0.39, 0.29) is 39.7 Å². The number of thioether (sulfide) groups is 1. The van der Waals surface area contributed by atoms with E-state index in [2.05, 4.69) is 31.4 Å². The molecular weight excluding hydrogens is 797 g/mol. The van der Waals surface area contributed by atoms with Gasteiger partial charge in [0.1, 0.15) is 34.4 Å². The van der Waals surface area contributed by atoms with Crippen LogP contribution in [-0.2, 0) is 14.8 Å². The monoisotopic (exact) mass is 846 g/mol. The zero-order chi connectivity index (χ0) is 41.1. The number of carbonyl (C=O) groups is 1. The first-order chi connectivity index (χ1) is 28.2. The van der Waals surface area contributed by atoms with E-state index < -0.39 is 37.0 Å². The van der Waals surface area contributed by atoms with Crippen molar-refractivity contribution in [3.63, 3.8) is 0 Å². The minimum Gasteiger partial charge on any atom is -0.491 e. The number of nitro benzene ring substituents is 1. The molecule has 17 heteroatoms. The Morgan fingerprint density at radius 3 is 2.61 bits per heavy atom. The number of hydrogen-bond donors (Lipinski definition) is 3. The summed E-state index contributed by atoms with van der Waals surface area (Å²) in [6.45, 7) is 8.53. The summed E-state index contributed by atoms with van der Waals surface area (Å²) in [5.41, 5.74) is 0.663. The van der Waals surface area contributed by atoms with E-state index in [1.807, 2.05) is 13.0 Å². The first-order valence-corrected chi connectivity index (χ1v) is 22.9. The Balaban J connectivity index is 0.937. The number of pyridine rings is 1. The van der Waals surface area contributed by atoms with E-state index in [1.165, 1.54) is 36.9 Å². The molecule has 4 fully saturated rings. The van der Waals surface area contributed by atoms with Crippen LogP contribution in [-0.4, -0.2) is 102 Å². The number of nitrogens with zero attached hydrogens (tertiary/aromatic N) is 4. The highest BCUT2D eigenvalue weighted by Gasteiger charge is 2.49. The van der Waals surface area contributed by atoms with E-state index in [0.717, 1.165) is 75.7 Å². The summed E-state index contributed by atoms with van der Waals surface area (Å²) in [6, 6.07) is 12.0. The topological polar surface area (TPSA) is 189 Å². The highest BCUT2D eigenvalue weighted by molar-refractivity contribution is 8.00. The number of rotatable bonds is 9. The SMILES string of the molecule is C[C@H]1COCCN1C1CC2(CCN(c3ccc(C(=O)NS(=O)(=O)c4cc5c(c([N+](=O)[O-])c4)S[C@@H](C4CCC(C)(O)CC4)CO5)c(Oc4cnc5[nH]ccc5c4)c3)CC2)C1. The van der Waals surface area contributed by atoms with Gasteiger partial charge in [0.05, 0.1) is 40.4 Å². The second-order valence-corrected chi connectivity index (χ2v) is 20.3. The van der Waals surface area contributed by atoms with E-state index in [0.29, 0.717) is 41.7 Å². The van der Waals surface area contributed by atoms with Crippen molar-refractivity contribution in [2.45, 2.75) is 97.9 Å². The average molecular weight is 847 g/mol. The molecule has 2 atom stereocenters. The van der Waals surface area contributed by atoms with Crippen LogP contribution in [0.1, 0.15) is 75.6 Å². The number of sulfonamides is 1. The number of fused-ring (bicyclic) bond motifs is 2. The molecule has 2 aromatic heterocycles. The van der Waals surface area contributed by atoms with Gasteiger partial charge in [-0.25, -0.2) is 18.1 Å². The molecule has 0 radical (unpaired) electrons. The van der Waals surface area contributed by atoms with Crippen LogP contribution in [0.15, 0.2) is 64.6 Å². The summed E-state index contributed by atoms with van der Waals surface area (Å²) >= 11 is 1.31. The van der Waals surface area contributed by atoms with Gasteiger partial charge in [0.15, 0.2) is 0 Å². The zero-order valence-corrected chi connectivity index (χ0v) is 34.9. The number of aromatic nitrogens is 2. The smallest absolute Gasteiger partial charge is 0.288 e. The molecule has 0 unspecified atom stereocenters. The fourth-order valence-electron chi connectivity index (χ4n) is 9.73. The molecule has 3 aliphatic heterocycles. The number of hydrogen-bond acceptors (Lipinski definition) is 13. The average Bonchev–Trinajstić information content (AvgIpc) is 3.67. The summed E-state index contributed by atoms with van der Waals surface area (Å²) in [5, 5.41) is 23.5. The predicted octanol–water partition coefficient (Wildman–Crippen LogP) is 6.65. The molecule has 3 N–H and O–H groups in total. The molecule has 9 rings (SSSR count). The Labute approximate surface area is 347 Å². The Bertz CT molecular complexity index is 2360. The number of nitro groups is 1. The normalized spacial score (nSPS) is 26.2. The number of amides is 1. The van der Waals surface area contributed by atoms with Gasteiger partial charge in [0.25, 0.3) is 21.6 Å². The van der Waals surface area contributed by atoms with Crippen LogP contribution in [0.3, 0.4) is 0 Å². The fraction of sp³-hybridized carbons (Fsp3) is 0.524. The molecule has 59 heavy (non-hydrogen) atoms. The Morgan fingerprint density at radius 2 is 1.86 bits per heavy atom. The van der Waals surface area contributed by atoms with Crippen LogP contribution < -0.4 is 19.1 Å². The number of carbonyl (C=O) groups excluding carboxylic acids is 1. The zero-order valence-electron chi connectivity index (χ0n) is 33.2. The van der Waals surface area contributed by atoms with Crippen LogP contribution in [0.25, 0.3) is 11.0 Å². The number of aliphatic hydroxyl groups is 1.